The van der Waals surface area contributed by atoms with E-state index >= 15 is 0 Å². The fourth-order valence-electron chi connectivity index (χ4n) is 6.34. The van der Waals surface area contributed by atoms with Crippen molar-refractivity contribution in [1.82, 2.24) is 5.32 Å². The van der Waals surface area contributed by atoms with Crippen molar-refractivity contribution in [2.45, 2.75) is 217 Å². The molecule has 0 aromatic heterocycles. The number of carbonyl (C=O) groups excluding carboxylic acids is 1. The van der Waals surface area contributed by atoms with E-state index in [1.807, 2.05) is 13.0 Å². The van der Waals surface area contributed by atoms with Gasteiger partial charge in [-0.25, -0.2) is 0 Å². The molecular formula is C39H75NO8. The SMILES string of the molecule is CCC/C=C/C(O)C(COC1OC(CO)C(O)C(O)C1O)NC(=O)CCCCCCCCCCCCCCCCCCCCCCCC. The molecule has 9 nitrogen and oxygen atoms in total. The number of rotatable bonds is 32. The second-order valence-electron chi connectivity index (χ2n) is 14.1. The van der Waals surface area contributed by atoms with E-state index in [0.717, 1.165) is 32.1 Å². The van der Waals surface area contributed by atoms with E-state index in [-0.39, 0.29) is 12.5 Å². The Morgan fingerprint density at radius 3 is 1.58 bits per heavy atom. The topological polar surface area (TPSA) is 149 Å². The van der Waals surface area contributed by atoms with Crippen LogP contribution in [0.25, 0.3) is 0 Å². The summed E-state index contributed by atoms with van der Waals surface area (Å²) in [4.78, 5) is 12.7. The van der Waals surface area contributed by atoms with E-state index in [1.54, 1.807) is 6.08 Å². The Morgan fingerprint density at radius 1 is 0.688 bits per heavy atom. The Labute approximate surface area is 293 Å². The summed E-state index contributed by atoms with van der Waals surface area (Å²) in [6.45, 7) is 3.55. The molecule has 48 heavy (non-hydrogen) atoms. The highest BCUT2D eigenvalue weighted by atomic mass is 16.7. The molecular weight excluding hydrogens is 610 g/mol. The Kier molecular flexibility index (Phi) is 28.8. The monoisotopic (exact) mass is 686 g/mol. The Bertz CT molecular complexity index is 766. The number of carbonyl (C=O) groups is 1. The average molecular weight is 686 g/mol. The molecule has 1 rings (SSSR count). The Morgan fingerprint density at radius 2 is 1.15 bits per heavy atom. The van der Waals surface area contributed by atoms with Gasteiger partial charge in [0, 0.05) is 6.42 Å². The molecule has 0 aromatic carbocycles. The molecule has 7 atom stereocenters. The molecule has 1 heterocycles. The quantitative estimate of drug-likeness (QED) is 0.0328. The van der Waals surface area contributed by atoms with E-state index in [1.165, 1.54) is 122 Å². The zero-order valence-electron chi connectivity index (χ0n) is 30.7. The van der Waals surface area contributed by atoms with Gasteiger partial charge < -0.3 is 40.3 Å². The number of amides is 1. The van der Waals surface area contributed by atoms with Crippen molar-refractivity contribution in [3.05, 3.63) is 12.2 Å². The third-order valence-corrected chi connectivity index (χ3v) is 9.59. The van der Waals surface area contributed by atoms with Gasteiger partial charge in [0.25, 0.3) is 0 Å². The van der Waals surface area contributed by atoms with Gasteiger partial charge in [0.05, 0.1) is 25.4 Å². The highest BCUT2D eigenvalue weighted by Gasteiger charge is 2.44. The van der Waals surface area contributed by atoms with Crippen LogP contribution in [0, 0.1) is 0 Å². The summed E-state index contributed by atoms with van der Waals surface area (Å²) >= 11 is 0. The summed E-state index contributed by atoms with van der Waals surface area (Å²) in [5, 5.41) is 53.2. The molecule has 7 unspecified atom stereocenters. The lowest BCUT2D eigenvalue weighted by Gasteiger charge is -2.40. The zero-order chi connectivity index (χ0) is 35.2. The van der Waals surface area contributed by atoms with Gasteiger partial charge in [0.1, 0.15) is 24.4 Å². The molecule has 1 amide bonds. The van der Waals surface area contributed by atoms with Crippen molar-refractivity contribution in [1.29, 1.82) is 0 Å². The zero-order valence-corrected chi connectivity index (χ0v) is 30.7. The third kappa shape index (κ3) is 21.9. The molecule has 284 valence electrons. The fourth-order valence-corrected chi connectivity index (χ4v) is 6.34. The van der Waals surface area contributed by atoms with Crippen molar-refractivity contribution in [3.8, 4) is 0 Å². The molecule has 0 spiro atoms. The number of allylic oxidation sites excluding steroid dienone is 1. The number of hydrogen-bond donors (Lipinski definition) is 6. The Hall–Kier alpha value is -1.07. The van der Waals surface area contributed by atoms with E-state index in [0.29, 0.717) is 6.42 Å². The lowest BCUT2D eigenvalue weighted by atomic mass is 9.99. The number of aliphatic hydroxyl groups excluding tert-OH is 5. The lowest BCUT2D eigenvalue weighted by molar-refractivity contribution is -0.302. The summed E-state index contributed by atoms with van der Waals surface area (Å²) < 4.78 is 11.0. The van der Waals surface area contributed by atoms with Crippen LogP contribution >= 0.6 is 0 Å². The van der Waals surface area contributed by atoms with Crippen molar-refractivity contribution in [2.24, 2.45) is 0 Å². The number of unbranched alkanes of at least 4 members (excludes halogenated alkanes) is 22. The van der Waals surface area contributed by atoms with E-state index in [4.69, 9.17) is 9.47 Å². The predicted molar refractivity (Wildman–Crippen MR) is 194 cm³/mol. The first kappa shape index (κ1) is 45.0. The molecule has 6 N–H and O–H groups in total. The summed E-state index contributed by atoms with van der Waals surface area (Å²) in [6, 6.07) is -0.794. The fraction of sp³-hybridized carbons (Fsp3) is 0.923. The highest BCUT2D eigenvalue weighted by Crippen LogP contribution is 2.22. The van der Waals surface area contributed by atoms with Crippen LogP contribution in [-0.4, -0.2) is 87.5 Å². The van der Waals surface area contributed by atoms with Gasteiger partial charge in [-0.1, -0.05) is 167 Å². The van der Waals surface area contributed by atoms with E-state index in [9.17, 15) is 30.3 Å². The van der Waals surface area contributed by atoms with Crippen molar-refractivity contribution in [2.75, 3.05) is 13.2 Å². The third-order valence-electron chi connectivity index (χ3n) is 9.59. The van der Waals surface area contributed by atoms with Crippen LogP contribution in [-0.2, 0) is 14.3 Å². The standard InChI is InChI=1S/C39H75NO8/c1-3-5-7-8-9-10-11-12-13-14-15-16-17-18-19-20-21-22-23-24-25-27-29-35(43)40-32(33(42)28-26-6-4-2)31-47-39-38(46)37(45)36(44)34(30-41)48-39/h26,28,32-34,36-39,41-42,44-46H,3-25,27,29-31H2,1-2H3,(H,40,43)/b28-26+. The highest BCUT2D eigenvalue weighted by molar-refractivity contribution is 5.76. The minimum absolute atomic E-state index is 0.187. The molecule has 1 aliphatic rings. The second-order valence-corrected chi connectivity index (χ2v) is 14.1. The van der Waals surface area contributed by atoms with Crippen LogP contribution in [0.1, 0.15) is 174 Å². The summed E-state index contributed by atoms with van der Waals surface area (Å²) in [7, 11) is 0. The first-order chi connectivity index (χ1) is 23.3. The summed E-state index contributed by atoms with van der Waals surface area (Å²) in [5.41, 5.74) is 0. The normalized spacial score (nSPS) is 22.7. The molecule has 0 radical (unpaired) electrons. The summed E-state index contributed by atoms with van der Waals surface area (Å²) in [6.07, 6.45) is 26.4. The maximum absolute atomic E-state index is 12.7. The lowest BCUT2D eigenvalue weighted by Crippen LogP contribution is -2.60. The molecule has 9 heteroatoms. The van der Waals surface area contributed by atoms with Crippen molar-refractivity contribution >= 4 is 5.91 Å². The average Bonchev–Trinajstić information content (AvgIpc) is 3.08. The van der Waals surface area contributed by atoms with Gasteiger partial charge in [0.2, 0.25) is 5.91 Å². The minimum atomic E-state index is -1.56. The maximum atomic E-state index is 12.7. The first-order valence-electron chi connectivity index (χ1n) is 19.9. The van der Waals surface area contributed by atoms with E-state index < -0.39 is 49.5 Å². The molecule has 0 saturated carbocycles. The van der Waals surface area contributed by atoms with Crippen LogP contribution in [0.15, 0.2) is 12.2 Å². The van der Waals surface area contributed by atoms with Gasteiger partial charge in [-0.15, -0.1) is 0 Å². The Balaban J connectivity index is 2.11. The maximum Gasteiger partial charge on any atom is 0.220 e. The minimum Gasteiger partial charge on any atom is -0.394 e. The number of ether oxygens (including phenoxy) is 2. The molecule has 0 aromatic rings. The smallest absolute Gasteiger partial charge is 0.220 e. The molecule has 0 bridgehead atoms. The van der Waals surface area contributed by atoms with Crippen LogP contribution in [0.2, 0.25) is 0 Å². The van der Waals surface area contributed by atoms with Gasteiger partial charge in [-0.3, -0.25) is 4.79 Å². The molecule has 1 saturated heterocycles. The summed E-state index contributed by atoms with van der Waals surface area (Å²) in [5.74, 6) is -0.187. The number of aliphatic hydroxyl groups is 5. The van der Waals surface area contributed by atoms with Crippen molar-refractivity contribution in [3.63, 3.8) is 0 Å². The van der Waals surface area contributed by atoms with Gasteiger partial charge >= 0.3 is 0 Å². The molecule has 0 aliphatic carbocycles. The van der Waals surface area contributed by atoms with Gasteiger partial charge in [-0.2, -0.15) is 0 Å². The molecule has 1 fully saturated rings. The largest absolute Gasteiger partial charge is 0.394 e. The number of hydrogen-bond acceptors (Lipinski definition) is 8. The number of nitrogens with one attached hydrogen (secondary N) is 1. The first-order valence-corrected chi connectivity index (χ1v) is 19.9. The van der Waals surface area contributed by atoms with Gasteiger partial charge in [0.15, 0.2) is 6.29 Å². The predicted octanol–water partition coefficient (Wildman–Crippen LogP) is 7.00. The molecule has 1 aliphatic heterocycles. The van der Waals surface area contributed by atoms with Crippen LogP contribution in [0.3, 0.4) is 0 Å². The van der Waals surface area contributed by atoms with Crippen LogP contribution in [0.4, 0.5) is 0 Å². The van der Waals surface area contributed by atoms with Gasteiger partial charge in [-0.05, 0) is 12.8 Å². The van der Waals surface area contributed by atoms with Crippen LogP contribution < -0.4 is 5.32 Å². The second kappa shape index (κ2) is 30.7. The van der Waals surface area contributed by atoms with E-state index in [2.05, 4.69) is 12.2 Å². The van der Waals surface area contributed by atoms with Crippen LogP contribution in [0.5, 0.6) is 0 Å². The van der Waals surface area contributed by atoms with Crippen molar-refractivity contribution < 1.29 is 39.8 Å².